The molecule has 1 aromatic rings. The highest BCUT2D eigenvalue weighted by Crippen LogP contribution is 2.03. The lowest BCUT2D eigenvalue weighted by Crippen LogP contribution is -2.04. The molecule has 0 aliphatic heterocycles. The summed E-state index contributed by atoms with van der Waals surface area (Å²) >= 11 is 0. The largest absolute Gasteiger partial charge is 0.458 e. The van der Waals surface area contributed by atoms with E-state index in [1.54, 1.807) is 18.2 Å². The maximum absolute atomic E-state index is 11.7. The second kappa shape index (κ2) is 14.5. The quantitative estimate of drug-likeness (QED) is 0.254. The van der Waals surface area contributed by atoms with Gasteiger partial charge in [0.1, 0.15) is 13.2 Å². The fourth-order valence-electron chi connectivity index (χ4n) is 2.05. The number of esters is 1. The van der Waals surface area contributed by atoms with Gasteiger partial charge < -0.3 is 9.47 Å². The van der Waals surface area contributed by atoms with Crippen LogP contribution in [0.2, 0.25) is 0 Å². The molecule has 0 heterocycles. The summed E-state index contributed by atoms with van der Waals surface area (Å²) in [6.07, 6.45) is 10.9. The molecule has 3 heteroatoms. The third-order valence-electron chi connectivity index (χ3n) is 3.41. The molecule has 0 aliphatic carbocycles. The second-order valence-electron chi connectivity index (χ2n) is 5.47. The average Bonchev–Trinajstić information content (AvgIpc) is 2.62. The van der Waals surface area contributed by atoms with Crippen molar-refractivity contribution in [2.24, 2.45) is 0 Å². The number of hydrogen-bond donors (Lipinski definition) is 0. The predicted molar refractivity (Wildman–Crippen MR) is 97.8 cm³/mol. The molecule has 1 aromatic carbocycles. The molecule has 0 amide bonds. The molecule has 0 saturated heterocycles. The van der Waals surface area contributed by atoms with Crippen molar-refractivity contribution in [3.05, 3.63) is 48.0 Å². The number of unbranched alkanes of at least 4 members (excludes halogenated alkanes) is 5. The average molecular weight is 328 g/mol. The van der Waals surface area contributed by atoms with E-state index in [0.717, 1.165) is 6.42 Å². The van der Waals surface area contributed by atoms with Gasteiger partial charge in [0.05, 0.1) is 12.2 Å². The molecule has 3 nitrogen and oxygen atoms in total. The van der Waals surface area contributed by atoms with Crippen molar-refractivity contribution in [3.8, 4) is 11.8 Å². The molecular formula is C21H28O3. The first-order chi connectivity index (χ1) is 11.8. The van der Waals surface area contributed by atoms with E-state index in [1.165, 1.54) is 32.1 Å². The fourth-order valence-corrected chi connectivity index (χ4v) is 2.05. The molecule has 0 saturated carbocycles. The predicted octanol–water partition coefficient (Wildman–Crippen LogP) is 4.78. The smallest absolute Gasteiger partial charge is 0.338 e. The Kier molecular flexibility index (Phi) is 12.1. The zero-order valence-corrected chi connectivity index (χ0v) is 14.6. The van der Waals surface area contributed by atoms with Crippen LogP contribution in [0.3, 0.4) is 0 Å². The first-order valence-corrected chi connectivity index (χ1v) is 8.75. The molecular weight excluding hydrogens is 300 g/mol. The molecule has 0 aliphatic rings. The minimum atomic E-state index is -0.314. The van der Waals surface area contributed by atoms with Crippen LogP contribution in [0.15, 0.2) is 42.5 Å². The third-order valence-corrected chi connectivity index (χ3v) is 3.41. The van der Waals surface area contributed by atoms with Crippen molar-refractivity contribution >= 4 is 5.97 Å². The summed E-state index contributed by atoms with van der Waals surface area (Å²) in [4.78, 5) is 11.7. The van der Waals surface area contributed by atoms with E-state index in [-0.39, 0.29) is 12.6 Å². The van der Waals surface area contributed by atoms with Crippen molar-refractivity contribution in [3.63, 3.8) is 0 Å². The van der Waals surface area contributed by atoms with E-state index in [4.69, 9.17) is 9.47 Å². The summed E-state index contributed by atoms with van der Waals surface area (Å²) in [5, 5.41) is 0. The molecule has 1 rings (SSSR count). The van der Waals surface area contributed by atoms with Gasteiger partial charge in [-0.25, -0.2) is 4.79 Å². The molecule has 0 radical (unpaired) electrons. The maximum Gasteiger partial charge on any atom is 0.338 e. The molecule has 0 unspecified atom stereocenters. The summed E-state index contributed by atoms with van der Waals surface area (Å²) in [5.41, 5.74) is 0.562. The molecule has 0 atom stereocenters. The number of ether oxygens (including phenoxy) is 2. The summed E-state index contributed by atoms with van der Waals surface area (Å²) in [5.74, 6) is 5.83. The normalized spacial score (nSPS) is 10.4. The van der Waals surface area contributed by atoms with Crippen LogP contribution in [0, 0.1) is 11.8 Å². The lowest BCUT2D eigenvalue weighted by molar-refractivity contribution is 0.0548. The minimum Gasteiger partial charge on any atom is -0.458 e. The molecule has 0 aromatic heterocycles. The fraction of sp³-hybridized carbons (Fsp3) is 0.476. The van der Waals surface area contributed by atoms with E-state index in [9.17, 15) is 4.79 Å². The topological polar surface area (TPSA) is 35.5 Å². The number of benzene rings is 1. The highest BCUT2D eigenvalue weighted by Gasteiger charge is 2.03. The van der Waals surface area contributed by atoms with Crippen LogP contribution < -0.4 is 0 Å². The first kappa shape index (κ1) is 20.0. The minimum absolute atomic E-state index is 0.251. The van der Waals surface area contributed by atoms with Crippen LogP contribution in [0.5, 0.6) is 0 Å². The highest BCUT2D eigenvalue weighted by atomic mass is 16.5. The van der Waals surface area contributed by atoms with E-state index in [1.807, 2.05) is 24.3 Å². The lowest BCUT2D eigenvalue weighted by atomic mass is 10.1. The van der Waals surface area contributed by atoms with Crippen molar-refractivity contribution in [2.45, 2.75) is 45.4 Å². The SMILES string of the molecule is CCCCCCCC#CCOC/C=C\COC(=O)c1ccccc1. The van der Waals surface area contributed by atoms with Crippen LogP contribution in [0.1, 0.15) is 55.8 Å². The van der Waals surface area contributed by atoms with Gasteiger partial charge in [-0.05, 0) is 24.6 Å². The van der Waals surface area contributed by atoms with E-state index >= 15 is 0 Å². The summed E-state index contributed by atoms with van der Waals surface area (Å²) < 4.78 is 10.5. The monoisotopic (exact) mass is 328 g/mol. The standard InChI is InChI=1S/C21H28O3/c1-2-3-4-5-6-7-8-12-17-23-18-13-14-19-24-21(22)20-15-10-9-11-16-20/h9-11,13-16H,2-7,17-19H2,1H3/b14-13-. The number of hydrogen-bond acceptors (Lipinski definition) is 3. The zero-order valence-electron chi connectivity index (χ0n) is 14.6. The Balaban J connectivity index is 1.96. The molecule has 0 fully saturated rings. The van der Waals surface area contributed by atoms with Gasteiger partial charge in [0.25, 0.3) is 0 Å². The van der Waals surface area contributed by atoms with Gasteiger partial charge in [0, 0.05) is 6.42 Å². The zero-order chi connectivity index (χ0) is 17.3. The lowest BCUT2D eigenvalue weighted by Gasteiger charge is -2.01. The van der Waals surface area contributed by atoms with Gasteiger partial charge >= 0.3 is 5.97 Å². The Morgan fingerprint density at radius 1 is 1.00 bits per heavy atom. The van der Waals surface area contributed by atoms with Crippen molar-refractivity contribution in [2.75, 3.05) is 19.8 Å². The van der Waals surface area contributed by atoms with Crippen LogP contribution in [0.4, 0.5) is 0 Å². The highest BCUT2D eigenvalue weighted by molar-refractivity contribution is 5.89. The number of rotatable bonds is 11. The van der Waals surface area contributed by atoms with Gasteiger partial charge in [-0.3, -0.25) is 0 Å². The summed E-state index contributed by atoms with van der Waals surface area (Å²) in [6, 6.07) is 8.96. The Morgan fingerprint density at radius 2 is 1.75 bits per heavy atom. The number of carbonyl (C=O) groups is 1. The Hall–Kier alpha value is -2.05. The van der Waals surface area contributed by atoms with Crippen LogP contribution >= 0.6 is 0 Å². The van der Waals surface area contributed by atoms with Gasteiger partial charge in [-0.2, -0.15) is 0 Å². The van der Waals surface area contributed by atoms with Gasteiger partial charge in [-0.15, -0.1) is 5.92 Å². The molecule has 0 bridgehead atoms. The summed E-state index contributed by atoms with van der Waals surface area (Å²) in [6.45, 7) is 3.40. The molecule has 130 valence electrons. The Labute approximate surface area is 146 Å². The maximum atomic E-state index is 11.7. The van der Waals surface area contributed by atoms with Crippen molar-refractivity contribution < 1.29 is 14.3 Å². The van der Waals surface area contributed by atoms with Crippen molar-refractivity contribution in [1.82, 2.24) is 0 Å². The van der Waals surface area contributed by atoms with Gasteiger partial charge in [0.15, 0.2) is 0 Å². The van der Waals surface area contributed by atoms with Gasteiger partial charge in [0.2, 0.25) is 0 Å². The number of carbonyl (C=O) groups excluding carboxylic acids is 1. The van der Waals surface area contributed by atoms with Crippen molar-refractivity contribution in [1.29, 1.82) is 0 Å². The molecule has 0 N–H and O–H groups in total. The van der Waals surface area contributed by atoms with E-state index < -0.39 is 0 Å². The first-order valence-electron chi connectivity index (χ1n) is 8.75. The van der Waals surface area contributed by atoms with Crippen LogP contribution in [-0.2, 0) is 9.47 Å². The van der Waals surface area contributed by atoms with Gasteiger partial charge in [-0.1, -0.05) is 62.8 Å². The molecule has 0 spiro atoms. The van der Waals surface area contributed by atoms with E-state index in [2.05, 4.69) is 18.8 Å². The Bertz CT molecular complexity index is 523. The Morgan fingerprint density at radius 3 is 2.54 bits per heavy atom. The van der Waals surface area contributed by atoms with Crippen LogP contribution in [-0.4, -0.2) is 25.8 Å². The van der Waals surface area contributed by atoms with Crippen LogP contribution in [0.25, 0.3) is 0 Å². The summed E-state index contributed by atoms with van der Waals surface area (Å²) in [7, 11) is 0. The second-order valence-corrected chi connectivity index (χ2v) is 5.47. The molecule has 24 heavy (non-hydrogen) atoms. The van der Waals surface area contributed by atoms with E-state index in [0.29, 0.717) is 18.8 Å². The third kappa shape index (κ3) is 10.6.